The number of thiazole rings is 1. The first kappa shape index (κ1) is 20.8. The maximum atomic E-state index is 12.5. The Morgan fingerprint density at radius 1 is 1.14 bits per heavy atom. The number of nitrogens with one attached hydrogen (secondary N) is 2. The van der Waals surface area contributed by atoms with Gasteiger partial charge in [0.05, 0.1) is 18.6 Å². The minimum absolute atomic E-state index is 0.174. The third-order valence-electron chi connectivity index (χ3n) is 3.90. The molecule has 0 bridgehead atoms. The Morgan fingerprint density at radius 3 is 2.55 bits per heavy atom. The molecule has 3 aromatic rings. The lowest BCUT2D eigenvalue weighted by Gasteiger charge is -2.11. The predicted molar refractivity (Wildman–Crippen MR) is 115 cm³/mol. The van der Waals surface area contributed by atoms with E-state index in [1.807, 2.05) is 31.2 Å². The lowest BCUT2D eigenvalue weighted by Crippen LogP contribution is -2.24. The van der Waals surface area contributed by atoms with Gasteiger partial charge in [0.1, 0.15) is 16.5 Å². The van der Waals surface area contributed by atoms with Crippen LogP contribution in [0.15, 0.2) is 53.9 Å². The van der Waals surface area contributed by atoms with Crippen molar-refractivity contribution >= 4 is 33.0 Å². The summed E-state index contributed by atoms with van der Waals surface area (Å²) in [5, 5.41) is 5.21. The van der Waals surface area contributed by atoms with Crippen molar-refractivity contribution in [3.05, 3.63) is 65.2 Å². The molecule has 9 heteroatoms. The summed E-state index contributed by atoms with van der Waals surface area (Å²) in [5.41, 5.74) is 2.31. The summed E-state index contributed by atoms with van der Waals surface area (Å²) >= 11 is 1.38. The highest BCUT2D eigenvalue weighted by Crippen LogP contribution is 2.26. The second-order valence-corrected chi connectivity index (χ2v) is 8.82. The number of ether oxygens (including phenoxy) is 1. The van der Waals surface area contributed by atoms with Crippen LogP contribution in [0.4, 0.5) is 5.69 Å². The molecule has 2 aromatic carbocycles. The van der Waals surface area contributed by atoms with Gasteiger partial charge in [0, 0.05) is 17.5 Å². The van der Waals surface area contributed by atoms with E-state index in [9.17, 15) is 13.2 Å². The number of sulfonamides is 1. The van der Waals surface area contributed by atoms with Crippen LogP contribution in [0.1, 0.15) is 23.0 Å². The number of para-hydroxylation sites is 1. The molecule has 0 aliphatic rings. The molecule has 0 radical (unpaired) electrons. The Bertz CT molecular complexity index is 1090. The van der Waals surface area contributed by atoms with Crippen molar-refractivity contribution in [2.75, 3.05) is 17.6 Å². The first-order chi connectivity index (χ1) is 13.9. The highest BCUT2D eigenvalue weighted by atomic mass is 32.2. The van der Waals surface area contributed by atoms with Gasteiger partial charge in [0.25, 0.3) is 5.91 Å². The summed E-state index contributed by atoms with van der Waals surface area (Å²) in [5.74, 6) is 0.458. The van der Waals surface area contributed by atoms with Crippen LogP contribution in [0, 0.1) is 0 Å². The van der Waals surface area contributed by atoms with Gasteiger partial charge >= 0.3 is 0 Å². The molecule has 0 spiro atoms. The third kappa shape index (κ3) is 5.78. The summed E-state index contributed by atoms with van der Waals surface area (Å²) in [6.45, 7) is 2.70. The van der Waals surface area contributed by atoms with E-state index in [0.29, 0.717) is 23.6 Å². The highest BCUT2D eigenvalue weighted by Gasteiger charge is 2.13. The molecule has 3 rings (SSSR count). The second-order valence-electron chi connectivity index (χ2n) is 6.21. The van der Waals surface area contributed by atoms with Crippen molar-refractivity contribution in [3.63, 3.8) is 0 Å². The van der Waals surface area contributed by atoms with Gasteiger partial charge in [-0.15, -0.1) is 11.3 Å². The Morgan fingerprint density at radius 2 is 1.86 bits per heavy atom. The maximum absolute atomic E-state index is 12.5. The number of carbonyl (C=O) groups excluding carboxylic acids is 1. The van der Waals surface area contributed by atoms with Gasteiger partial charge in [-0.2, -0.15) is 0 Å². The molecule has 2 N–H and O–H groups in total. The smallest absolute Gasteiger partial charge is 0.271 e. The molecule has 1 aromatic heterocycles. The van der Waals surface area contributed by atoms with E-state index in [0.717, 1.165) is 22.6 Å². The maximum Gasteiger partial charge on any atom is 0.271 e. The summed E-state index contributed by atoms with van der Waals surface area (Å²) in [7, 11) is -3.41. The van der Waals surface area contributed by atoms with E-state index < -0.39 is 10.0 Å². The Balaban J connectivity index is 1.67. The number of aromatic nitrogens is 1. The molecule has 0 aliphatic heterocycles. The number of anilines is 1. The van der Waals surface area contributed by atoms with Crippen molar-refractivity contribution < 1.29 is 17.9 Å². The molecule has 152 valence electrons. The normalized spacial score (nSPS) is 11.1. The number of hydrogen-bond donors (Lipinski definition) is 2. The molecule has 0 saturated heterocycles. The van der Waals surface area contributed by atoms with Gasteiger partial charge in [0.15, 0.2) is 0 Å². The Labute approximate surface area is 173 Å². The molecule has 0 saturated carbocycles. The monoisotopic (exact) mass is 431 g/mol. The van der Waals surface area contributed by atoms with Gasteiger partial charge in [0.2, 0.25) is 10.0 Å². The van der Waals surface area contributed by atoms with Gasteiger partial charge < -0.3 is 10.1 Å². The van der Waals surface area contributed by atoms with Crippen molar-refractivity contribution in [3.8, 4) is 16.3 Å². The lowest BCUT2D eigenvalue weighted by molar-refractivity contribution is 0.0947. The van der Waals surface area contributed by atoms with Crippen LogP contribution in [0.25, 0.3) is 10.6 Å². The number of hydrogen-bond acceptors (Lipinski definition) is 6. The van der Waals surface area contributed by atoms with E-state index >= 15 is 0 Å². The molecule has 0 atom stereocenters. The molecular weight excluding hydrogens is 410 g/mol. The molecule has 1 amide bonds. The molecule has 1 heterocycles. The van der Waals surface area contributed by atoms with Gasteiger partial charge in [-0.05, 0) is 42.8 Å². The number of benzene rings is 2. The summed E-state index contributed by atoms with van der Waals surface area (Å²) in [4.78, 5) is 16.9. The fourth-order valence-corrected chi connectivity index (χ4v) is 4.02. The number of nitrogens with zero attached hydrogens (tertiary/aromatic N) is 1. The van der Waals surface area contributed by atoms with Crippen LogP contribution < -0.4 is 14.8 Å². The van der Waals surface area contributed by atoms with Crippen LogP contribution in [-0.2, 0) is 16.6 Å². The first-order valence-electron chi connectivity index (χ1n) is 8.88. The lowest BCUT2D eigenvalue weighted by atomic mass is 10.2. The zero-order valence-electron chi connectivity index (χ0n) is 16.0. The number of carbonyl (C=O) groups is 1. The fourth-order valence-electron chi connectivity index (χ4n) is 2.61. The van der Waals surface area contributed by atoms with Crippen molar-refractivity contribution in [1.29, 1.82) is 0 Å². The number of rotatable bonds is 8. The van der Waals surface area contributed by atoms with Crippen LogP contribution in [0.3, 0.4) is 0 Å². The van der Waals surface area contributed by atoms with Gasteiger partial charge in [-0.3, -0.25) is 9.52 Å². The third-order valence-corrected chi connectivity index (χ3v) is 5.38. The highest BCUT2D eigenvalue weighted by molar-refractivity contribution is 7.92. The molecule has 7 nitrogen and oxygen atoms in total. The topological polar surface area (TPSA) is 97.4 Å². The van der Waals surface area contributed by atoms with E-state index in [2.05, 4.69) is 15.0 Å². The summed E-state index contributed by atoms with van der Waals surface area (Å²) < 4.78 is 30.9. The average Bonchev–Trinajstić information content (AvgIpc) is 3.17. The van der Waals surface area contributed by atoms with Crippen molar-refractivity contribution in [2.24, 2.45) is 0 Å². The van der Waals surface area contributed by atoms with Crippen LogP contribution in [-0.4, -0.2) is 32.2 Å². The average molecular weight is 432 g/mol. The molecular formula is C20H21N3O4S2. The van der Waals surface area contributed by atoms with E-state index in [-0.39, 0.29) is 12.5 Å². The minimum atomic E-state index is -3.41. The van der Waals surface area contributed by atoms with Crippen molar-refractivity contribution in [2.45, 2.75) is 13.5 Å². The van der Waals surface area contributed by atoms with Gasteiger partial charge in [-0.25, -0.2) is 13.4 Å². The molecule has 0 fully saturated rings. The van der Waals surface area contributed by atoms with E-state index in [4.69, 9.17) is 4.74 Å². The summed E-state index contributed by atoms with van der Waals surface area (Å²) in [6, 6.07) is 14.4. The predicted octanol–water partition coefficient (Wildman–Crippen LogP) is 3.51. The fraction of sp³-hybridized carbons (Fsp3) is 0.200. The quantitative estimate of drug-likeness (QED) is 0.569. The van der Waals surface area contributed by atoms with Crippen molar-refractivity contribution in [1.82, 2.24) is 10.3 Å². The molecule has 29 heavy (non-hydrogen) atoms. The Kier molecular flexibility index (Phi) is 6.50. The standard InChI is InChI=1S/C20H21N3O4S2/c1-3-27-16-10-8-14(9-11-16)20-22-18(13-28-20)19(24)21-12-15-6-4-5-7-17(15)23-29(2,25)26/h4-11,13,23H,3,12H2,1-2H3,(H,21,24). The molecule has 0 unspecified atom stereocenters. The zero-order valence-corrected chi connectivity index (χ0v) is 17.6. The second kappa shape index (κ2) is 9.06. The van der Waals surface area contributed by atoms with E-state index in [1.54, 1.807) is 29.6 Å². The van der Waals surface area contributed by atoms with Gasteiger partial charge in [-0.1, -0.05) is 18.2 Å². The first-order valence-corrected chi connectivity index (χ1v) is 11.7. The number of amides is 1. The van der Waals surface area contributed by atoms with E-state index in [1.165, 1.54) is 11.3 Å². The minimum Gasteiger partial charge on any atom is -0.494 e. The van der Waals surface area contributed by atoms with Crippen LogP contribution >= 0.6 is 11.3 Å². The molecule has 0 aliphatic carbocycles. The SMILES string of the molecule is CCOc1ccc(-c2nc(C(=O)NCc3ccccc3NS(C)(=O)=O)cs2)cc1. The zero-order chi connectivity index (χ0) is 20.9. The Hall–Kier alpha value is -2.91. The summed E-state index contributed by atoms with van der Waals surface area (Å²) in [6.07, 6.45) is 1.08. The van der Waals surface area contributed by atoms with Crippen LogP contribution in [0.5, 0.6) is 5.75 Å². The largest absolute Gasteiger partial charge is 0.494 e. The van der Waals surface area contributed by atoms with Crippen LogP contribution in [0.2, 0.25) is 0 Å².